The van der Waals surface area contributed by atoms with Crippen LogP contribution in [0, 0.1) is 20.8 Å². The van der Waals surface area contributed by atoms with Gasteiger partial charge in [-0.2, -0.15) is 10.1 Å². The second-order valence-corrected chi connectivity index (χ2v) is 8.05. The van der Waals surface area contributed by atoms with Crippen molar-refractivity contribution >= 4 is 11.6 Å². The molecule has 31 heavy (non-hydrogen) atoms. The Morgan fingerprint density at radius 3 is 2.61 bits per heavy atom. The smallest absolute Gasteiger partial charge is 0.259 e. The van der Waals surface area contributed by atoms with Crippen LogP contribution in [0.25, 0.3) is 17.1 Å². The predicted octanol–water partition coefficient (Wildman–Crippen LogP) is 4.98. The zero-order chi connectivity index (χ0) is 21.5. The molecule has 0 unspecified atom stereocenters. The minimum atomic E-state index is -0.173. The molecule has 0 spiro atoms. The molecular formula is C24H23N5O2. The van der Waals surface area contributed by atoms with E-state index in [0.29, 0.717) is 23.0 Å². The summed E-state index contributed by atoms with van der Waals surface area (Å²) in [4.78, 5) is 17.3. The lowest BCUT2D eigenvalue weighted by Crippen LogP contribution is -2.13. The number of nitrogens with zero attached hydrogens (tertiary/aromatic N) is 4. The van der Waals surface area contributed by atoms with Crippen molar-refractivity contribution in [1.82, 2.24) is 19.9 Å². The van der Waals surface area contributed by atoms with Crippen molar-refractivity contribution in [2.45, 2.75) is 39.5 Å². The number of nitrogens with one attached hydrogen (secondary N) is 1. The average Bonchev–Trinajstić information content (AvgIpc) is 3.36. The monoisotopic (exact) mass is 413 g/mol. The number of hydrogen-bond donors (Lipinski definition) is 1. The van der Waals surface area contributed by atoms with Gasteiger partial charge in [-0.3, -0.25) is 4.79 Å². The number of aryl methyl sites for hydroxylation is 2. The second kappa shape index (κ2) is 7.50. The molecule has 1 aliphatic rings. The zero-order valence-electron chi connectivity index (χ0n) is 17.7. The maximum absolute atomic E-state index is 12.9. The second-order valence-electron chi connectivity index (χ2n) is 8.05. The molecule has 0 radical (unpaired) electrons. The predicted molar refractivity (Wildman–Crippen MR) is 117 cm³/mol. The first-order valence-corrected chi connectivity index (χ1v) is 10.4. The standard InChI is InChI=1S/C24H23N5O2/c1-14-5-4-6-21(15(14)2)25-23(30)20-13-29(27-16(20)3)19-11-9-17(10-12-19)22-26-24(31-28-22)18-7-8-18/h4-6,9-13,18H,7-8H2,1-3H3,(H,25,30). The van der Waals surface area contributed by atoms with E-state index in [9.17, 15) is 4.79 Å². The molecule has 1 fully saturated rings. The van der Waals surface area contributed by atoms with Crippen LogP contribution in [0.15, 0.2) is 53.2 Å². The van der Waals surface area contributed by atoms with Gasteiger partial charge in [-0.1, -0.05) is 17.3 Å². The van der Waals surface area contributed by atoms with Gasteiger partial charge >= 0.3 is 0 Å². The van der Waals surface area contributed by atoms with Gasteiger partial charge in [0, 0.05) is 23.4 Å². The first kappa shape index (κ1) is 19.2. The summed E-state index contributed by atoms with van der Waals surface area (Å²) in [5, 5.41) is 11.6. The summed E-state index contributed by atoms with van der Waals surface area (Å²) in [7, 11) is 0. The van der Waals surface area contributed by atoms with E-state index >= 15 is 0 Å². The highest BCUT2D eigenvalue weighted by atomic mass is 16.5. The van der Waals surface area contributed by atoms with Gasteiger partial charge in [0.25, 0.3) is 5.91 Å². The summed E-state index contributed by atoms with van der Waals surface area (Å²) in [6.45, 7) is 5.86. The maximum atomic E-state index is 12.9. The Bertz CT molecular complexity index is 1270. The van der Waals surface area contributed by atoms with Crippen LogP contribution in [-0.2, 0) is 0 Å². The molecule has 1 amide bonds. The summed E-state index contributed by atoms with van der Waals surface area (Å²) in [5.74, 6) is 1.58. The molecule has 0 bridgehead atoms. The number of carbonyl (C=O) groups excluding carboxylic acids is 1. The molecule has 0 atom stereocenters. The van der Waals surface area contributed by atoms with Gasteiger partial charge in [0.1, 0.15) is 0 Å². The number of carbonyl (C=O) groups is 1. The SMILES string of the molecule is Cc1cccc(NC(=O)c2cn(-c3ccc(-c4noc(C5CC5)n4)cc3)nc2C)c1C. The third kappa shape index (κ3) is 3.74. The fraction of sp³-hybridized carbons (Fsp3) is 0.250. The van der Waals surface area contributed by atoms with Crippen molar-refractivity contribution in [3.63, 3.8) is 0 Å². The Hall–Kier alpha value is -3.74. The first-order valence-electron chi connectivity index (χ1n) is 10.4. The third-order valence-corrected chi connectivity index (χ3v) is 5.75. The van der Waals surface area contributed by atoms with E-state index in [1.165, 1.54) is 0 Å². The molecule has 1 N–H and O–H groups in total. The summed E-state index contributed by atoms with van der Waals surface area (Å²) < 4.78 is 7.06. The number of rotatable bonds is 5. The summed E-state index contributed by atoms with van der Waals surface area (Å²) in [5.41, 5.74) is 5.95. The lowest BCUT2D eigenvalue weighted by molar-refractivity contribution is 0.102. The molecule has 7 heteroatoms. The van der Waals surface area contributed by atoms with Gasteiger partial charge in [-0.05, 0) is 75.1 Å². The Kier molecular flexibility index (Phi) is 4.66. The van der Waals surface area contributed by atoms with E-state index < -0.39 is 0 Å². The molecule has 0 aliphatic heterocycles. The zero-order valence-corrected chi connectivity index (χ0v) is 17.7. The number of amides is 1. The van der Waals surface area contributed by atoms with E-state index in [1.807, 2.05) is 63.2 Å². The van der Waals surface area contributed by atoms with Crippen LogP contribution in [0.5, 0.6) is 0 Å². The Morgan fingerprint density at radius 2 is 1.87 bits per heavy atom. The maximum Gasteiger partial charge on any atom is 0.259 e. The number of hydrogen-bond acceptors (Lipinski definition) is 5. The number of aromatic nitrogens is 4. The molecule has 2 heterocycles. The van der Waals surface area contributed by atoms with Gasteiger partial charge in [-0.25, -0.2) is 4.68 Å². The molecule has 2 aromatic carbocycles. The van der Waals surface area contributed by atoms with E-state index in [1.54, 1.807) is 10.9 Å². The minimum absolute atomic E-state index is 0.173. The Morgan fingerprint density at radius 1 is 1.10 bits per heavy atom. The van der Waals surface area contributed by atoms with Crippen molar-refractivity contribution < 1.29 is 9.32 Å². The lowest BCUT2D eigenvalue weighted by atomic mass is 10.1. The average molecular weight is 413 g/mol. The number of anilines is 1. The fourth-order valence-corrected chi connectivity index (χ4v) is 3.50. The molecule has 5 rings (SSSR count). The highest BCUT2D eigenvalue weighted by molar-refractivity contribution is 6.05. The van der Waals surface area contributed by atoms with Crippen LogP contribution >= 0.6 is 0 Å². The van der Waals surface area contributed by atoms with E-state index in [-0.39, 0.29) is 5.91 Å². The first-order chi connectivity index (χ1) is 15.0. The molecule has 4 aromatic rings. The van der Waals surface area contributed by atoms with E-state index in [2.05, 4.69) is 20.6 Å². The van der Waals surface area contributed by atoms with Crippen molar-refractivity contribution in [2.24, 2.45) is 0 Å². The molecule has 7 nitrogen and oxygen atoms in total. The largest absolute Gasteiger partial charge is 0.339 e. The van der Waals surface area contributed by atoms with Crippen LogP contribution in [0.2, 0.25) is 0 Å². The number of benzene rings is 2. The quantitative estimate of drug-likeness (QED) is 0.499. The minimum Gasteiger partial charge on any atom is -0.339 e. The van der Waals surface area contributed by atoms with Crippen molar-refractivity contribution in [2.75, 3.05) is 5.32 Å². The Balaban J connectivity index is 1.36. The van der Waals surface area contributed by atoms with Crippen LogP contribution in [0.3, 0.4) is 0 Å². The van der Waals surface area contributed by atoms with Gasteiger partial charge in [0.2, 0.25) is 11.7 Å². The summed E-state index contributed by atoms with van der Waals surface area (Å²) >= 11 is 0. The van der Waals surface area contributed by atoms with Crippen LogP contribution < -0.4 is 5.32 Å². The third-order valence-electron chi connectivity index (χ3n) is 5.75. The molecule has 1 saturated carbocycles. The van der Waals surface area contributed by atoms with Gasteiger partial charge < -0.3 is 9.84 Å². The van der Waals surface area contributed by atoms with Crippen LogP contribution in [0.4, 0.5) is 5.69 Å². The van der Waals surface area contributed by atoms with Crippen LogP contribution in [0.1, 0.15) is 51.8 Å². The van der Waals surface area contributed by atoms with Crippen LogP contribution in [-0.4, -0.2) is 25.8 Å². The van der Waals surface area contributed by atoms with E-state index in [0.717, 1.165) is 46.8 Å². The normalized spacial score (nSPS) is 13.4. The fourth-order valence-electron chi connectivity index (χ4n) is 3.50. The highest BCUT2D eigenvalue weighted by Gasteiger charge is 2.29. The lowest BCUT2D eigenvalue weighted by Gasteiger charge is -2.09. The molecule has 0 saturated heterocycles. The van der Waals surface area contributed by atoms with Crippen molar-refractivity contribution in [3.8, 4) is 17.1 Å². The summed E-state index contributed by atoms with van der Waals surface area (Å²) in [6.07, 6.45) is 4.00. The van der Waals surface area contributed by atoms with Gasteiger partial charge in [0.05, 0.1) is 16.9 Å². The van der Waals surface area contributed by atoms with Gasteiger partial charge in [-0.15, -0.1) is 0 Å². The van der Waals surface area contributed by atoms with Crippen molar-refractivity contribution in [3.05, 3.63) is 76.9 Å². The molecule has 156 valence electrons. The molecule has 2 aromatic heterocycles. The molecule has 1 aliphatic carbocycles. The Labute approximate surface area is 180 Å². The van der Waals surface area contributed by atoms with Crippen molar-refractivity contribution in [1.29, 1.82) is 0 Å². The van der Waals surface area contributed by atoms with Gasteiger partial charge in [0.15, 0.2) is 0 Å². The summed E-state index contributed by atoms with van der Waals surface area (Å²) in [6, 6.07) is 13.6. The van der Waals surface area contributed by atoms with E-state index in [4.69, 9.17) is 4.52 Å². The topological polar surface area (TPSA) is 85.8 Å². The molecular weight excluding hydrogens is 390 g/mol. The highest BCUT2D eigenvalue weighted by Crippen LogP contribution is 2.39.